The van der Waals surface area contributed by atoms with Crippen LogP contribution in [0, 0.1) is 0 Å². The van der Waals surface area contributed by atoms with Gasteiger partial charge in [-0.15, -0.1) is 0 Å². The van der Waals surface area contributed by atoms with E-state index in [9.17, 15) is 0 Å². The van der Waals surface area contributed by atoms with Crippen LogP contribution in [-0.4, -0.2) is 19.1 Å². The predicted molar refractivity (Wildman–Crippen MR) is 207 cm³/mol. The summed E-state index contributed by atoms with van der Waals surface area (Å²) in [6.07, 6.45) is 0. The molecule has 0 N–H and O–H groups in total. The van der Waals surface area contributed by atoms with Crippen LogP contribution < -0.4 is 0 Å². The molecule has 0 aliphatic rings. The highest BCUT2D eigenvalue weighted by Crippen LogP contribution is 2.42. The van der Waals surface area contributed by atoms with Crippen molar-refractivity contribution in [2.45, 2.75) is 0 Å². The van der Waals surface area contributed by atoms with Crippen molar-refractivity contribution in [3.05, 3.63) is 182 Å². The molecule has 0 atom stereocenters. The third kappa shape index (κ3) is 4.46. The first-order valence-corrected chi connectivity index (χ1v) is 16.9. The Balaban J connectivity index is 1.23. The van der Waals surface area contributed by atoms with Crippen LogP contribution in [0.15, 0.2) is 182 Å². The van der Waals surface area contributed by atoms with Gasteiger partial charge in [-0.3, -0.25) is 0 Å². The second-order valence-electron chi connectivity index (χ2n) is 12.6. The van der Waals surface area contributed by atoms with Gasteiger partial charge in [-0.25, -0.2) is 9.97 Å². The van der Waals surface area contributed by atoms with Crippen LogP contribution in [0.25, 0.3) is 88.9 Å². The van der Waals surface area contributed by atoms with Gasteiger partial charge in [0.2, 0.25) is 0 Å². The van der Waals surface area contributed by atoms with E-state index in [1.54, 1.807) is 0 Å². The highest BCUT2D eigenvalue weighted by Gasteiger charge is 2.21. The van der Waals surface area contributed by atoms with E-state index in [0.717, 1.165) is 50.5 Å². The molecule has 0 spiro atoms. The maximum atomic E-state index is 5.13. The molecule has 0 saturated heterocycles. The summed E-state index contributed by atoms with van der Waals surface area (Å²) in [4.78, 5) is 10.1. The fourth-order valence-corrected chi connectivity index (χ4v) is 7.50. The summed E-state index contributed by atoms with van der Waals surface area (Å²) < 4.78 is 4.83. The van der Waals surface area contributed by atoms with Gasteiger partial charge in [0.25, 0.3) is 0 Å². The van der Waals surface area contributed by atoms with Gasteiger partial charge >= 0.3 is 0 Å². The van der Waals surface area contributed by atoms with Crippen molar-refractivity contribution in [3.63, 3.8) is 0 Å². The van der Waals surface area contributed by atoms with Gasteiger partial charge in [0, 0.05) is 49.6 Å². The average Bonchev–Trinajstić information content (AvgIpc) is 3.72. The zero-order chi connectivity index (χ0) is 33.0. The summed E-state index contributed by atoms with van der Waals surface area (Å²) in [5.74, 6) is 0.709. The first kappa shape index (κ1) is 28.3. The third-order valence-electron chi connectivity index (χ3n) is 9.71. The number of aromatic nitrogens is 4. The summed E-state index contributed by atoms with van der Waals surface area (Å²) in [6.45, 7) is 0. The topological polar surface area (TPSA) is 35.6 Å². The van der Waals surface area contributed by atoms with Crippen molar-refractivity contribution >= 4 is 43.6 Å². The van der Waals surface area contributed by atoms with E-state index >= 15 is 0 Å². The Morgan fingerprint density at radius 3 is 1.64 bits per heavy atom. The molecule has 0 radical (unpaired) electrons. The van der Waals surface area contributed by atoms with Crippen LogP contribution >= 0.6 is 0 Å². The Kier molecular flexibility index (Phi) is 6.46. The summed E-state index contributed by atoms with van der Waals surface area (Å²) in [6, 6.07) is 64.2. The van der Waals surface area contributed by atoms with E-state index < -0.39 is 0 Å². The van der Waals surface area contributed by atoms with Crippen molar-refractivity contribution in [3.8, 4) is 45.3 Å². The van der Waals surface area contributed by atoms with E-state index in [2.05, 4.69) is 167 Å². The minimum absolute atomic E-state index is 0.709. The van der Waals surface area contributed by atoms with Crippen molar-refractivity contribution < 1.29 is 0 Å². The van der Waals surface area contributed by atoms with Crippen LogP contribution in [0.2, 0.25) is 0 Å². The Hall–Kier alpha value is -6.78. The summed E-state index contributed by atoms with van der Waals surface area (Å²) in [5, 5.41) is 4.96. The Bertz CT molecular complexity index is 2790. The minimum atomic E-state index is 0.709. The minimum Gasteiger partial charge on any atom is -0.309 e. The smallest absolute Gasteiger partial charge is 0.160 e. The molecule has 50 heavy (non-hydrogen) atoms. The zero-order valence-corrected chi connectivity index (χ0v) is 27.1. The van der Waals surface area contributed by atoms with Crippen LogP contribution in [0.1, 0.15) is 0 Å². The highest BCUT2D eigenvalue weighted by molar-refractivity contribution is 6.26. The van der Waals surface area contributed by atoms with Crippen molar-refractivity contribution in [1.29, 1.82) is 0 Å². The maximum Gasteiger partial charge on any atom is 0.160 e. The molecule has 0 amide bonds. The standard InChI is InChI=1S/C46H30N4/c1-4-15-31(16-5-1)39-30-40(48-46(47-39)32-17-6-2-7-18-32)33-19-14-22-35(29-33)49-42-26-13-11-24-38(42)44-43(49)28-27-37-36-23-10-12-25-41(36)50(45(37)44)34-20-8-3-9-21-34/h1-30H. The van der Waals surface area contributed by atoms with Gasteiger partial charge in [0.15, 0.2) is 5.82 Å². The Morgan fingerprint density at radius 1 is 0.340 bits per heavy atom. The summed E-state index contributed by atoms with van der Waals surface area (Å²) in [7, 11) is 0. The van der Waals surface area contributed by atoms with E-state index in [1.165, 1.54) is 32.6 Å². The van der Waals surface area contributed by atoms with Crippen molar-refractivity contribution in [2.75, 3.05) is 0 Å². The first-order valence-electron chi connectivity index (χ1n) is 16.9. The zero-order valence-electron chi connectivity index (χ0n) is 27.1. The van der Waals surface area contributed by atoms with Crippen LogP contribution in [0.3, 0.4) is 0 Å². The van der Waals surface area contributed by atoms with Crippen molar-refractivity contribution in [2.24, 2.45) is 0 Å². The van der Waals surface area contributed by atoms with E-state index in [1.807, 2.05) is 24.3 Å². The number of fused-ring (bicyclic) bond motifs is 7. The molecule has 3 heterocycles. The second kappa shape index (κ2) is 11.4. The van der Waals surface area contributed by atoms with Crippen LogP contribution in [0.4, 0.5) is 0 Å². The molecule has 234 valence electrons. The number of para-hydroxylation sites is 3. The maximum absolute atomic E-state index is 5.13. The van der Waals surface area contributed by atoms with Gasteiger partial charge in [0.05, 0.1) is 33.5 Å². The van der Waals surface area contributed by atoms with Gasteiger partial charge in [0.1, 0.15) is 0 Å². The molecule has 0 aliphatic carbocycles. The lowest BCUT2D eigenvalue weighted by atomic mass is 10.1. The lowest BCUT2D eigenvalue weighted by Gasteiger charge is -2.12. The second-order valence-corrected chi connectivity index (χ2v) is 12.6. The largest absolute Gasteiger partial charge is 0.309 e. The number of rotatable bonds is 5. The molecule has 0 saturated carbocycles. The molecule has 0 fully saturated rings. The van der Waals surface area contributed by atoms with E-state index in [4.69, 9.17) is 9.97 Å². The summed E-state index contributed by atoms with van der Waals surface area (Å²) >= 11 is 0. The Morgan fingerprint density at radius 2 is 0.900 bits per heavy atom. The molecule has 10 rings (SSSR count). The monoisotopic (exact) mass is 638 g/mol. The molecule has 10 aromatic rings. The number of hydrogen-bond donors (Lipinski definition) is 0. The van der Waals surface area contributed by atoms with E-state index in [-0.39, 0.29) is 0 Å². The average molecular weight is 639 g/mol. The number of benzene rings is 7. The Labute approximate surface area is 289 Å². The normalized spacial score (nSPS) is 11.6. The molecule has 0 aliphatic heterocycles. The summed E-state index contributed by atoms with van der Waals surface area (Å²) in [5.41, 5.74) is 11.8. The SMILES string of the molecule is c1ccc(-c2cc(-c3cccc(-n4c5ccccc5c5c4ccc4c6ccccc6n(-c6ccccc6)c45)c3)nc(-c3ccccc3)n2)cc1. The number of nitrogens with zero attached hydrogens (tertiary/aromatic N) is 4. The first-order chi connectivity index (χ1) is 24.8. The molecule has 0 bridgehead atoms. The third-order valence-corrected chi connectivity index (χ3v) is 9.71. The fourth-order valence-electron chi connectivity index (χ4n) is 7.50. The predicted octanol–water partition coefficient (Wildman–Crippen LogP) is 11.7. The molecule has 4 nitrogen and oxygen atoms in total. The molecular formula is C46H30N4. The van der Waals surface area contributed by atoms with E-state index in [0.29, 0.717) is 5.82 Å². The van der Waals surface area contributed by atoms with Gasteiger partial charge in [-0.1, -0.05) is 133 Å². The van der Waals surface area contributed by atoms with Gasteiger partial charge in [-0.2, -0.15) is 0 Å². The van der Waals surface area contributed by atoms with Crippen molar-refractivity contribution in [1.82, 2.24) is 19.1 Å². The van der Waals surface area contributed by atoms with Crippen LogP contribution in [-0.2, 0) is 0 Å². The van der Waals surface area contributed by atoms with Crippen LogP contribution in [0.5, 0.6) is 0 Å². The lowest BCUT2D eigenvalue weighted by Crippen LogP contribution is -1.98. The quantitative estimate of drug-likeness (QED) is 0.188. The highest BCUT2D eigenvalue weighted by atomic mass is 15.0. The molecule has 4 heteroatoms. The molecule has 7 aromatic carbocycles. The molecular weight excluding hydrogens is 609 g/mol. The van der Waals surface area contributed by atoms with Gasteiger partial charge in [-0.05, 0) is 48.5 Å². The van der Waals surface area contributed by atoms with Gasteiger partial charge < -0.3 is 9.13 Å². The lowest BCUT2D eigenvalue weighted by molar-refractivity contribution is 1.16. The number of hydrogen-bond acceptors (Lipinski definition) is 2. The molecule has 3 aromatic heterocycles. The fraction of sp³-hybridized carbons (Fsp3) is 0. The molecule has 0 unspecified atom stereocenters.